The first-order valence-electron chi connectivity index (χ1n) is 9.83. The van der Waals surface area contributed by atoms with E-state index in [0.29, 0.717) is 24.9 Å². The van der Waals surface area contributed by atoms with Crippen molar-refractivity contribution in [2.45, 2.75) is 32.4 Å². The van der Waals surface area contributed by atoms with Crippen molar-refractivity contribution in [2.24, 2.45) is 0 Å². The number of carbonyl (C=O) groups excluding carboxylic acids is 1. The van der Waals surface area contributed by atoms with Crippen molar-refractivity contribution in [3.63, 3.8) is 0 Å². The van der Waals surface area contributed by atoms with Crippen LogP contribution in [0.4, 0.5) is 11.6 Å². The minimum atomic E-state index is -0.264. The van der Waals surface area contributed by atoms with Gasteiger partial charge in [0.05, 0.1) is 6.04 Å². The van der Waals surface area contributed by atoms with Crippen molar-refractivity contribution in [1.29, 1.82) is 0 Å². The van der Waals surface area contributed by atoms with Crippen LogP contribution in [0.2, 0.25) is 0 Å². The average Bonchev–Trinajstić information content (AvgIpc) is 2.75. The van der Waals surface area contributed by atoms with Gasteiger partial charge in [0.1, 0.15) is 6.33 Å². The highest BCUT2D eigenvalue weighted by Gasteiger charge is 2.12. The second kappa shape index (κ2) is 8.79. The molecule has 0 saturated heterocycles. The molecule has 6 bridgehead atoms. The zero-order valence-electron chi connectivity index (χ0n) is 16.4. The monoisotopic (exact) mass is 388 g/mol. The molecule has 0 spiro atoms. The Balaban J connectivity index is 1.65. The van der Waals surface area contributed by atoms with Crippen LogP contribution in [0.3, 0.4) is 0 Å². The second-order valence-electron chi connectivity index (χ2n) is 7.16. The summed E-state index contributed by atoms with van der Waals surface area (Å²) in [6.45, 7) is 3.12. The molecule has 4 rings (SSSR count). The van der Waals surface area contributed by atoms with Crippen molar-refractivity contribution in [1.82, 2.24) is 25.6 Å². The SMILES string of the molecule is C[C@@H]1NCc2cccc(c2)Nc2ncnc(n2)-c2cccc(c2)CCCNC1=O. The van der Waals surface area contributed by atoms with Gasteiger partial charge in [0.2, 0.25) is 11.9 Å². The van der Waals surface area contributed by atoms with E-state index in [1.54, 1.807) is 0 Å². The number of amides is 1. The molecule has 1 aliphatic heterocycles. The number of carbonyl (C=O) groups is 1. The Morgan fingerprint density at radius 1 is 1.03 bits per heavy atom. The maximum atomic E-state index is 12.3. The molecule has 2 aromatic carbocycles. The van der Waals surface area contributed by atoms with Gasteiger partial charge < -0.3 is 16.0 Å². The van der Waals surface area contributed by atoms with Gasteiger partial charge in [0.25, 0.3) is 0 Å². The Morgan fingerprint density at radius 2 is 1.90 bits per heavy atom. The standard InChI is InChI=1S/C22H24N6O/c1-15-21(29)23-10-4-7-16-5-2-8-18(11-16)20-25-14-26-22(28-20)27-19-9-3-6-17(12-19)13-24-15/h2-3,5-6,8-9,11-12,14-15,24H,4,7,10,13H2,1H3,(H,23,29)(H,25,26,27,28)/t15-/m0/s1. The minimum absolute atomic E-state index is 0.0155. The van der Waals surface area contributed by atoms with E-state index in [0.717, 1.165) is 29.7 Å². The van der Waals surface area contributed by atoms with Gasteiger partial charge in [-0.1, -0.05) is 30.3 Å². The summed E-state index contributed by atoms with van der Waals surface area (Å²) in [6, 6.07) is 15.9. The van der Waals surface area contributed by atoms with Crippen molar-refractivity contribution < 1.29 is 4.79 Å². The normalized spacial score (nSPS) is 17.4. The molecular formula is C22H24N6O. The summed E-state index contributed by atoms with van der Waals surface area (Å²) in [6.07, 6.45) is 3.27. The fraction of sp³-hybridized carbons (Fsp3) is 0.273. The van der Waals surface area contributed by atoms with E-state index >= 15 is 0 Å². The Bertz CT molecular complexity index is 1010. The van der Waals surface area contributed by atoms with Crippen LogP contribution >= 0.6 is 0 Å². The van der Waals surface area contributed by atoms with Crippen LogP contribution in [-0.4, -0.2) is 33.4 Å². The number of hydrogen-bond donors (Lipinski definition) is 3. The highest BCUT2D eigenvalue weighted by Crippen LogP contribution is 2.20. The molecule has 7 nitrogen and oxygen atoms in total. The molecule has 1 aromatic heterocycles. The summed E-state index contributed by atoms with van der Waals surface area (Å²) in [7, 11) is 0. The van der Waals surface area contributed by atoms with Crippen molar-refractivity contribution in [3.05, 3.63) is 66.0 Å². The van der Waals surface area contributed by atoms with Crippen LogP contribution in [0.15, 0.2) is 54.9 Å². The average molecular weight is 388 g/mol. The number of hydrogen-bond acceptors (Lipinski definition) is 6. The van der Waals surface area contributed by atoms with E-state index in [1.165, 1.54) is 11.9 Å². The van der Waals surface area contributed by atoms with Crippen LogP contribution in [0.5, 0.6) is 0 Å². The van der Waals surface area contributed by atoms with Crippen LogP contribution in [0.25, 0.3) is 11.4 Å². The summed E-state index contributed by atoms with van der Waals surface area (Å²) < 4.78 is 0. The fourth-order valence-electron chi connectivity index (χ4n) is 3.27. The van der Waals surface area contributed by atoms with Crippen LogP contribution in [-0.2, 0) is 17.8 Å². The number of nitrogens with one attached hydrogen (secondary N) is 3. The van der Waals surface area contributed by atoms with E-state index in [4.69, 9.17) is 0 Å². The molecule has 2 heterocycles. The second-order valence-corrected chi connectivity index (χ2v) is 7.16. The quantitative estimate of drug-likeness (QED) is 0.549. The molecule has 0 saturated carbocycles. The molecule has 0 fully saturated rings. The molecule has 7 heteroatoms. The van der Waals surface area contributed by atoms with E-state index in [2.05, 4.69) is 43.0 Å². The highest BCUT2D eigenvalue weighted by atomic mass is 16.2. The number of benzene rings is 2. The molecule has 148 valence electrons. The Kier molecular flexibility index (Phi) is 5.76. The lowest BCUT2D eigenvalue weighted by molar-refractivity contribution is -0.122. The molecular weight excluding hydrogens is 364 g/mol. The highest BCUT2D eigenvalue weighted by molar-refractivity contribution is 5.81. The summed E-state index contributed by atoms with van der Waals surface area (Å²) in [5, 5.41) is 9.53. The largest absolute Gasteiger partial charge is 0.355 e. The summed E-state index contributed by atoms with van der Waals surface area (Å²) in [5.74, 6) is 1.14. The van der Waals surface area contributed by atoms with Gasteiger partial charge in [-0.2, -0.15) is 4.98 Å². The molecule has 1 atom stereocenters. The van der Waals surface area contributed by atoms with Gasteiger partial charge in [0.15, 0.2) is 5.82 Å². The first-order chi connectivity index (χ1) is 14.2. The zero-order valence-corrected chi connectivity index (χ0v) is 16.4. The lowest BCUT2D eigenvalue weighted by Gasteiger charge is -2.15. The van der Waals surface area contributed by atoms with Crippen LogP contribution in [0.1, 0.15) is 24.5 Å². The number of aromatic nitrogens is 3. The Morgan fingerprint density at radius 3 is 2.83 bits per heavy atom. The first-order valence-corrected chi connectivity index (χ1v) is 9.83. The third-order valence-corrected chi connectivity index (χ3v) is 4.89. The fourth-order valence-corrected chi connectivity index (χ4v) is 3.27. The number of rotatable bonds is 0. The molecule has 0 unspecified atom stereocenters. The number of nitrogens with zero attached hydrogens (tertiary/aromatic N) is 3. The van der Waals surface area contributed by atoms with Crippen LogP contribution in [0, 0.1) is 0 Å². The maximum Gasteiger partial charge on any atom is 0.236 e. The third kappa shape index (κ3) is 4.94. The first kappa shape index (κ1) is 19.0. The smallest absolute Gasteiger partial charge is 0.236 e. The summed E-state index contributed by atoms with van der Waals surface area (Å²) in [5.41, 5.74) is 4.09. The van der Waals surface area contributed by atoms with Gasteiger partial charge in [-0.15, -0.1) is 0 Å². The summed E-state index contributed by atoms with van der Waals surface area (Å²) >= 11 is 0. The third-order valence-electron chi connectivity index (χ3n) is 4.89. The van der Waals surface area contributed by atoms with Gasteiger partial charge in [-0.25, -0.2) is 9.97 Å². The molecule has 3 N–H and O–H groups in total. The molecule has 0 aliphatic carbocycles. The van der Waals surface area contributed by atoms with Gasteiger partial charge >= 0.3 is 0 Å². The minimum Gasteiger partial charge on any atom is -0.355 e. The van der Waals surface area contributed by atoms with Gasteiger partial charge in [-0.05, 0) is 49.1 Å². The summed E-state index contributed by atoms with van der Waals surface area (Å²) in [4.78, 5) is 25.5. The predicted octanol–water partition coefficient (Wildman–Crippen LogP) is 2.82. The number of aryl methyl sites for hydroxylation is 1. The molecule has 0 radical (unpaired) electrons. The van der Waals surface area contributed by atoms with Gasteiger partial charge in [-0.3, -0.25) is 4.79 Å². The van der Waals surface area contributed by atoms with Crippen molar-refractivity contribution in [3.8, 4) is 11.4 Å². The Labute approximate surface area is 170 Å². The Hall–Kier alpha value is -3.32. The van der Waals surface area contributed by atoms with Crippen LogP contribution < -0.4 is 16.0 Å². The van der Waals surface area contributed by atoms with Crippen molar-refractivity contribution >= 4 is 17.5 Å². The lowest BCUT2D eigenvalue weighted by atomic mass is 10.1. The lowest BCUT2D eigenvalue weighted by Crippen LogP contribution is -2.42. The van der Waals surface area contributed by atoms with E-state index in [1.807, 2.05) is 43.3 Å². The van der Waals surface area contributed by atoms with E-state index in [-0.39, 0.29) is 11.9 Å². The van der Waals surface area contributed by atoms with E-state index in [9.17, 15) is 4.79 Å². The number of anilines is 2. The molecule has 1 amide bonds. The predicted molar refractivity (Wildman–Crippen MR) is 113 cm³/mol. The molecule has 1 aliphatic rings. The van der Waals surface area contributed by atoms with Gasteiger partial charge in [0, 0.05) is 24.3 Å². The van der Waals surface area contributed by atoms with E-state index < -0.39 is 0 Å². The maximum absolute atomic E-state index is 12.3. The topological polar surface area (TPSA) is 91.8 Å². The number of fused-ring (bicyclic) bond motifs is 7. The van der Waals surface area contributed by atoms with Crippen molar-refractivity contribution in [2.75, 3.05) is 11.9 Å². The molecule has 29 heavy (non-hydrogen) atoms. The zero-order chi connectivity index (χ0) is 20.1. The molecule has 3 aromatic rings.